The molecule has 29 heavy (non-hydrogen) atoms. The van der Waals surface area contributed by atoms with Gasteiger partial charge in [-0.2, -0.15) is 0 Å². The van der Waals surface area contributed by atoms with Crippen molar-refractivity contribution in [3.63, 3.8) is 0 Å². The van der Waals surface area contributed by atoms with Gasteiger partial charge in [-0.15, -0.1) is 0 Å². The van der Waals surface area contributed by atoms with Crippen molar-refractivity contribution in [1.82, 2.24) is 10.2 Å². The Labute approximate surface area is 173 Å². The second-order valence-corrected chi connectivity index (χ2v) is 7.05. The molecule has 0 saturated carbocycles. The highest BCUT2D eigenvalue weighted by atomic mass is 16.5. The minimum Gasteiger partial charge on any atom is -0.380 e. The van der Waals surface area contributed by atoms with Crippen LogP contribution in [0.3, 0.4) is 0 Å². The lowest BCUT2D eigenvalue weighted by atomic mass is 10.1. The average molecular weight is 398 g/mol. The van der Waals surface area contributed by atoms with Gasteiger partial charge in [0.2, 0.25) is 11.8 Å². The van der Waals surface area contributed by atoms with Crippen LogP contribution < -0.4 is 10.6 Å². The second kappa shape index (κ2) is 12.0. The molecule has 6 heteroatoms. The summed E-state index contributed by atoms with van der Waals surface area (Å²) in [4.78, 5) is 26.7. The van der Waals surface area contributed by atoms with Crippen LogP contribution in [0.25, 0.3) is 0 Å². The maximum Gasteiger partial charge on any atom is 0.238 e. The lowest BCUT2D eigenvalue weighted by Gasteiger charge is -2.21. The van der Waals surface area contributed by atoms with Crippen LogP contribution in [0.2, 0.25) is 0 Å². The summed E-state index contributed by atoms with van der Waals surface area (Å²) in [6, 6.07) is 15.5. The van der Waals surface area contributed by atoms with E-state index in [1.165, 1.54) is 0 Å². The van der Waals surface area contributed by atoms with E-state index >= 15 is 0 Å². The SMILES string of the molecule is CCCN(CC(=O)NCc1ccccc1COC)CC(=O)Nc1ccccc1C. The van der Waals surface area contributed by atoms with Gasteiger partial charge in [-0.25, -0.2) is 0 Å². The number of hydrogen-bond acceptors (Lipinski definition) is 4. The van der Waals surface area contributed by atoms with Gasteiger partial charge >= 0.3 is 0 Å². The fraction of sp³-hybridized carbons (Fsp3) is 0.391. The molecule has 6 nitrogen and oxygen atoms in total. The molecule has 2 aromatic carbocycles. The van der Waals surface area contributed by atoms with Crippen molar-refractivity contribution in [1.29, 1.82) is 0 Å². The quantitative estimate of drug-likeness (QED) is 0.611. The summed E-state index contributed by atoms with van der Waals surface area (Å²) >= 11 is 0. The summed E-state index contributed by atoms with van der Waals surface area (Å²) in [6.45, 7) is 5.96. The lowest BCUT2D eigenvalue weighted by Crippen LogP contribution is -2.41. The summed E-state index contributed by atoms with van der Waals surface area (Å²) in [5.41, 5.74) is 3.89. The molecular weight excluding hydrogens is 366 g/mol. The van der Waals surface area contributed by atoms with Crippen molar-refractivity contribution in [3.8, 4) is 0 Å². The summed E-state index contributed by atoms with van der Waals surface area (Å²) in [5.74, 6) is -0.222. The number of rotatable bonds is 11. The maximum atomic E-state index is 12.4. The van der Waals surface area contributed by atoms with E-state index in [9.17, 15) is 9.59 Å². The summed E-state index contributed by atoms with van der Waals surface area (Å²) in [7, 11) is 1.65. The zero-order valence-corrected chi connectivity index (χ0v) is 17.5. The predicted octanol–water partition coefficient (Wildman–Crippen LogP) is 3.11. The number of hydrogen-bond donors (Lipinski definition) is 2. The standard InChI is InChI=1S/C23H31N3O3/c1-4-13-26(16-23(28)25-21-12-8-5-9-18(21)2)15-22(27)24-14-19-10-6-7-11-20(19)17-29-3/h5-12H,4,13-17H2,1-3H3,(H,24,27)(H,25,28). The van der Waals surface area contributed by atoms with Crippen molar-refractivity contribution in [2.75, 3.05) is 32.1 Å². The number of benzene rings is 2. The minimum atomic E-state index is -0.119. The summed E-state index contributed by atoms with van der Waals surface area (Å²) in [5, 5.41) is 5.88. The number of methoxy groups -OCH3 is 1. The normalized spacial score (nSPS) is 10.8. The van der Waals surface area contributed by atoms with Gasteiger partial charge in [-0.05, 0) is 42.6 Å². The maximum absolute atomic E-state index is 12.4. The van der Waals surface area contributed by atoms with Crippen LogP contribution >= 0.6 is 0 Å². The number of amides is 2. The summed E-state index contributed by atoms with van der Waals surface area (Å²) < 4.78 is 5.21. The van der Waals surface area contributed by atoms with Crippen LogP contribution in [0.5, 0.6) is 0 Å². The van der Waals surface area contributed by atoms with Crippen LogP contribution in [0.15, 0.2) is 48.5 Å². The first-order valence-electron chi connectivity index (χ1n) is 9.93. The lowest BCUT2D eigenvalue weighted by molar-refractivity contribution is -0.123. The molecule has 0 aliphatic rings. The molecule has 0 aromatic heterocycles. The van der Waals surface area contributed by atoms with E-state index in [1.54, 1.807) is 7.11 Å². The highest BCUT2D eigenvalue weighted by Crippen LogP contribution is 2.13. The number of aryl methyl sites for hydroxylation is 1. The number of carbonyl (C=O) groups excluding carboxylic acids is 2. The molecule has 156 valence electrons. The monoisotopic (exact) mass is 397 g/mol. The van der Waals surface area contributed by atoms with E-state index < -0.39 is 0 Å². The number of carbonyl (C=O) groups is 2. The van der Waals surface area contributed by atoms with Crippen molar-refractivity contribution in [2.45, 2.75) is 33.4 Å². The molecule has 0 saturated heterocycles. The Morgan fingerprint density at radius 1 is 0.966 bits per heavy atom. The molecule has 0 bridgehead atoms. The molecule has 2 N–H and O–H groups in total. The number of para-hydroxylation sites is 1. The Balaban J connectivity index is 1.88. The topological polar surface area (TPSA) is 70.7 Å². The van der Waals surface area contributed by atoms with Crippen LogP contribution in [0, 0.1) is 6.92 Å². The van der Waals surface area contributed by atoms with Crippen LogP contribution in [-0.2, 0) is 27.5 Å². The second-order valence-electron chi connectivity index (χ2n) is 7.05. The Bertz CT molecular complexity index is 807. The zero-order chi connectivity index (χ0) is 21.1. The fourth-order valence-electron chi connectivity index (χ4n) is 3.12. The number of ether oxygens (including phenoxy) is 1. The van der Waals surface area contributed by atoms with Gasteiger partial charge in [-0.1, -0.05) is 49.4 Å². The Kier molecular flexibility index (Phi) is 9.34. The van der Waals surface area contributed by atoms with Gasteiger partial charge in [0, 0.05) is 19.3 Å². The molecular formula is C23H31N3O3. The van der Waals surface area contributed by atoms with Gasteiger partial charge in [0.25, 0.3) is 0 Å². The predicted molar refractivity (Wildman–Crippen MR) is 116 cm³/mol. The molecule has 0 unspecified atom stereocenters. The molecule has 0 aliphatic carbocycles. The first-order valence-corrected chi connectivity index (χ1v) is 9.93. The first-order chi connectivity index (χ1) is 14.0. The molecule has 2 aromatic rings. The Morgan fingerprint density at radius 3 is 2.31 bits per heavy atom. The molecule has 0 radical (unpaired) electrons. The van der Waals surface area contributed by atoms with E-state index in [0.29, 0.717) is 19.7 Å². The third-order valence-electron chi connectivity index (χ3n) is 4.59. The fourth-order valence-corrected chi connectivity index (χ4v) is 3.12. The van der Waals surface area contributed by atoms with Crippen molar-refractivity contribution >= 4 is 17.5 Å². The van der Waals surface area contributed by atoms with E-state index in [2.05, 4.69) is 10.6 Å². The van der Waals surface area contributed by atoms with Gasteiger partial charge in [0.05, 0.1) is 19.7 Å². The van der Waals surface area contributed by atoms with Crippen LogP contribution in [0.4, 0.5) is 5.69 Å². The molecule has 0 atom stereocenters. The van der Waals surface area contributed by atoms with Gasteiger partial charge < -0.3 is 15.4 Å². The largest absolute Gasteiger partial charge is 0.380 e. The van der Waals surface area contributed by atoms with Gasteiger partial charge in [0.15, 0.2) is 0 Å². The zero-order valence-electron chi connectivity index (χ0n) is 17.5. The highest BCUT2D eigenvalue weighted by molar-refractivity contribution is 5.93. The number of anilines is 1. The van der Waals surface area contributed by atoms with E-state index in [0.717, 1.165) is 28.8 Å². The van der Waals surface area contributed by atoms with E-state index in [-0.39, 0.29) is 24.9 Å². The number of nitrogens with zero attached hydrogens (tertiary/aromatic N) is 1. The molecule has 2 amide bonds. The molecule has 0 spiro atoms. The smallest absolute Gasteiger partial charge is 0.238 e. The highest BCUT2D eigenvalue weighted by Gasteiger charge is 2.15. The third-order valence-corrected chi connectivity index (χ3v) is 4.59. The van der Waals surface area contributed by atoms with Crippen LogP contribution in [0.1, 0.15) is 30.0 Å². The van der Waals surface area contributed by atoms with Crippen molar-refractivity contribution < 1.29 is 14.3 Å². The molecule has 2 rings (SSSR count). The Hall–Kier alpha value is -2.70. The molecule has 0 heterocycles. The molecule has 0 aliphatic heterocycles. The first kappa shape index (κ1) is 22.6. The third kappa shape index (κ3) is 7.68. The van der Waals surface area contributed by atoms with E-state index in [1.807, 2.05) is 67.3 Å². The van der Waals surface area contributed by atoms with Gasteiger partial charge in [0.1, 0.15) is 0 Å². The molecule has 0 fully saturated rings. The Morgan fingerprint density at radius 2 is 1.62 bits per heavy atom. The van der Waals surface area contributed by atoms with Crippen LogP contribution in [-0.4, -0.2) is 43.5 Å². The van der Waals surface area contributed by atoms with Crippen molar-refractivity contribution in [3.05, 3.63) is 65.2 Å². The van der Waals surface area contributed by atoms with Gasteiger partial charge in [-0.3, -0.25) is 14.5 Å². The minimum absolute atomic E-state index is 0.102. The van der Waals surface area contributed by atoms with Crippen molar-refractivity contribution in [2.24, 2.45) is 0 Å². The summed E-state index contributed by atoms with van der Waals surface area (Å²) in [6.07, 6.45) is 0.863. The number of nitrogens with one attached hydrogen (secondary N) is 2. The van der Waals surface area contributed by atoms with E-state index in [4.69, 9.17) is 4.74 Å². The average Bonchev–Trinajstić information content (AvgIpc) is 2.69.